The molecule has 1 aromatic heterocycles. The Balaban J connectivity index is 1.53. The van der Waals surface area contributed by atoms with E-state index < -0.39 is 0 Å². The van der Waals surface area contributed by atoms with E-state index in [9.17, 15) is 9.59 Å². The Labute approximate surface area is 152 Å². The summed E-state index contributed by atoms with van der Waals surface area (Å²) in [6, 6.07) is 11.8. The number of amides is 2. The molecule has 0 radical (unpaired) electrons. The first kappa shape index (κ1) is 16.5. The van der Waals surface area contributed by atoms with Gasteiger partial charge in [-0.25, -0.2) is 0 Å². The minimum absolute atomic E-state index is 0.00205. The summed E-state index contributed by atoms with van der Waals surface area (Å²) in [4.78, 5) is 30.8. The fourth-order valence-corrected chi connectivity index (χ4v) is 3.75. The van der Waals surface area contributed by atoms with Crippen molar-refractivity contribution in [3.05, 3.63) is 67.0 Å². The summed E-state index contributed by atoms with van der Waals surface area (Å²) in [6.07, 6.45) is 6.76. The van der Waals surface area contributed by atoms with Gasteiger partial charge >= 0.3 is 0 Å². The Hall–Kier alpha value is -2.95. The van der Waals surface area contributed by atoms with Crippen molar-refractivity contribution >= 4 is 11.8 Å². The van der Waals surface area contributed by atoms with Crippen molar-refractivity contribution in [2.75, 3.05) is 13.1 Å². The van der Waals surface area contributed by atoms with Gasteiger partial charge < -0.3 is 10.2 Å². The number of likely N-dealkylation sites (tertiary alicyclic amines) is 1. The van der Waals surface area contributed by atoms with Gasteiger partial charge in [-0.3, -0.25) is 14.6 Å². The molecule has 132 valence electrons. The van der Waals surface area contributed by atoms with Gasteiger partial charge in [0.15, 0.2) is 0 Å². The van der Waals surface area contributed by atoms with Crippen molar-refractivity contribution in [1.29, 1.82) is 0 Å². The Morgan fingerprint density at radius 1 is 1.19 bits per heavy atom. The second-order valence-corrected chi connectivity index (χ2v) is 7.14. The maximum Gasteiger partial charge on any atom is 0.255 e. The fourth-order valence-electron chi connectivity index (χ4n) is 3.75. The summed E-state index contributed by atoms with van der Waals surface area (Å²) in [5.41, 5.74) is 2.58. The summed E-state index contributed by atoms with van der Waals surface area (Å²) < 4.78 is 0. The highest BCUT2D eigenvalue weighted by Gasteiger charge is 2.56. The normalized spacial score (nSPS) is 20.0. The summed E-state index contributed by atoms with van der Waals surface area (Å²) in [5.74, 6) is -0.208. The highest BCUT2D eigenvalue weighted by atomic mass is 16.2. The first-order valence-corrected chi connectivity index (χ1v) is 8.84. The molecule has 1 unspecified atom stereocenters. The third-order valence-corrected chi connectivity index (χ3v) is 5.42. The lowest BCUT2D eigenvalue weighted by atomic mass is 10.0. The molecule has 1 aliphatic heterocycles. The Bertz CT molecular complexity index is 859. The molecule has 2 amide bonds. The topological polar surface area (TPSA) is 62.3 Å². The van der Waals surface area contributed by atoms with Crippen LogP contribution in [0.15, 0.2) is 61.4 Å². The van der Waals surface area contributed by atoms with E-state index >= 15 is 0 Å². The van der Waals surface area contributed by atoms with Crippen LogP contribution in [0.5, 0.6) is 0 Å². The third kappa shape index (κ3) is 3.01. The van der Waals surface area contributed by atoms with Gasteiger partial charge in [0.05, 0.1) is 11.6 Å². The Kier molecular flexibility index (Phi) is 4.07. The summed E-state index contributed by atoms with van der Waals surface area (Å²) in [6.45, 7) is 4.73. The van der Waals surface area contributed by atoms with Crippen LogP contribution in [0.1, 0.15) is 23.2 Å². The van der Waals surface area contributed by atoms with Crippen molar-refractivity contribution in [1.82, 2.24) is 15.2 Å². The first-order chi connectivity index (χ1) is 12.6. The largest absolute Gasteiger partial charge is 0.347 e. The Morgan fingerprint density at radius 2 is 1.96 bits per heavy atom. The average Bonchev–Trinajstić information content (AvgIpc) is 3.38. The lowest BCUT2D eigenvalue weighted by molar-refractivity contribution is -0.117. The van der Waals surface area contributed by atoms with Crippen LogP contribution in [-0.2, 0) is 4.79 Å². The molecule has 1 aromatic carbocycles. The molecule has 2 fully saturated rings. The SMILES string of the molecule is C=CC(=O)NC1CN(C(=O)c2cncc(-c3ccccc3)c2)CC12CC2. The van der Waals surface area contributed by atoms with E-state index in [4.69, 9.17) is 0 Å². The molecule has 2 aromatic rings. The van der Waals surface area contributed by atoms with Gasteiger partial charge in [-0.05, 0) is 30.5 Å². The maximum absolute atomic E-state index is 13.0. The van der Waals surface area contributed by atoms with Crippen molar-refractivity contribution in [3.8, 4) is 11.1 Å². The molecule has 1 spiro atoms. The van der Waals surface area contributed by atoms with Crippen molar-refractivity contribution in [2.45, 2.75) is 18.9 Å². The predicted molar refractivity (Wildman–Crippen MR) is 99.4 cm³/mol. The Morgan fingerprint density at radius 3 is 2.65 bits per heavy atom. The highest BCUT2D eigenvalue weighted by molar-refractivity contribution is 5.95. The van der Waals surface area contributed by atoms with E-state index in [1.807, 2.05) is 41.3 Å². The summed E-state index contributed by atoms with van der Waals surface area (Å²) in [7, 11) is 0. The van der Waals surface area contributed by atoms with Crippen LogP contribution in [0.25, 0.3) is 11.1 Å². The standard InChI is InChI=1S/C21H21N3O2/c1-2-19(25)23-18-13-24(14-21(18)8-9-21)20(26)17-10-16(11-22-12-17)15-6-4-3-5-7-15/h2-7,10-12,18H,1,8-9,13-14H2,(H,23,25). The predicted octanol–water partition coefficient (Wildman–Crippen LogP) is 2.66. The molecule has 1 saturated carbocycles. The van der Waals surface area contributed by atoms with Crippen LogP contribution in [0.4, 0.5) is 0 Å². The smallest absolute Gasteiger partial charge is 0.255 e. The number of carbonyl (C=O) groups is 2. The quantitative estimate of drug-likeness (QED) is 0.865. The van der Waals surface area contributed by atoms with E-state index in [0.29, 0.717) is 18.7 Å². The van der Waals surface area contributed by atoms with Gasteiger partial charge in [0, 0.05) is 36.5 Å². The molecule has 1 N–H and O–H groups in total. The number of aromatic nitrogens is 1. The van der Waals surface area contributed by atoms with Crippen LogP contribution in [0.2, 0.25) is 0 Å². The number of hydrogen-bond donors (Lipinski definition) is 1. The summed E-state index contributed by atoms with van der Waals surface area (Å²) in [5, 5.41) is 2.99. The van der Waals surface area contributed by atoms with Crippen molar-refractivity contribution < 1.29 is 9.59 Å². The highest BCUT2D eigenvalue weighted by Crippen LogP contribution is 2.53. The zero-order valence-corrected chi connectivity index (χ0v) is 14.5. The van der Waals surface area contributed by atoms with E-state index in [-0.39, 0.29) is 23.3 Å². The molecule has 2 heterocycles. The van der Waals surface area contributed by atoms with Crippen LogP contribution in [0, 0.1) is 5.41 Å². The van der Waals surface area contributed by atoms with Crippen LogP contribution < -0.4 is 5.32 Å². The summed E-state index contributed by atoms with van der Waals surface area (Å²) >= 11 is 0. The molecule has 0 bridgehead atoms. The number of rotatable bonds is 4. The molecule has 5 heteroatoms. The molecule has 1 atom stereocenters. The number of hydrogen-bond acceptors (Lipinski definition) is 3. The number of carbonyl (C=O) groups excluding carboxylic acids is 2. The van der Waals surface area contributed by atoms with Gasteiger partial charge in [-0.2, -0.15) is 0 Å². The molecule has 1 saturated heterocycles. The van der Waals surface area contributed by atoms with E-state index in [1.54, 1.807) is 12.4 Å². The molecule has 4 rings (SSSR count). The van der Waals surface area contributed by atoms with Crippen molar-refractivity contribution in [2.24, 2.45) is 5.41 Å². The second-order valence-electron chi connectivity index (χ2n) is 7.14. The maximum atomic E-state index is 13.0. The van der Waals surface area contributed by atoms with Crippen LogP contribution in [-0.4, -0.2) is 40.8 Å². The molecule has 1 aliphatic carbocycles. The van der Waals surface area contributed by atoms with Gasteiger partial charge in [-0.15, -0.1) is 0 Å². The van der Waals surface area contributed by atoms with E-state index in [0.717, 1.165) is 24.0 Å². The van der Waals surface area contributed by atoms with Crippen LogP contribution >= 0.6 is 0 Å². The number of pyridine rings is 1. The second kappa shape index (κ2) is 6.41. The number of benzene rings is 1. The zero-order valence-electron chi connectivity index (χ0n) is 14.5. The first-order valence-electron chi connectivity index (χ1n) is 8.84. The molecular formula is C21H21N3O2. The van der Waals surface area contributed by atoms with Gasteiger partial charge in [0.25, 0.3) is 5.91 Å². The fraction of sp³-hybridized carbons (Fsp3) is 0.286. The zero-order chi connectivity index (χ0) is 18.1. The van der Waals surface area contributed by atoms with Gasteiger partial charge in [0.2, 0.25) is 5.91 Å². The third-order valence-electron chi connectivity index (χ3n) is 5.42. The number of nitrogens with zero attached hydrogens (tertiary/aromatic N) is 2. The monoisotopic (exact) mass is 347 g/mol. The average molecular weight is 347 g/mol. The lowest BCUT2D eigenvalue weighted by Crippen LogP contribution is -2.41. The molecule has 5 nitrogen and oxygen atoms in total. The molecule has 26 heavy (non-hydrogen) atoms. The molecular weight excluding hydrogens is 326 g/mol. The minimum Gasteiger partial charge on any atom is -0.347 e. The van der Waals surface area contributed by atoms with Crippen molar-refractivity contribution in [3.63, 3.8) is 0 Å². The number of nitrogens with one attached hydrogen (secondary N) is 1. The molecule has 2 aliphatic rings. The van der Waals surface area contributed by atoms with Crippen LogP contribution in [0.3, 0.4) is 0 Å². The van der Waals surface area contributed by atoms with Gasteiger partial charge in [0.1, 0.15) is 0 Å². The van der Waals surface area contributed by atoms with E-state index in [1.165, 1.54) is 6.08 Å². The lowest BCUT2D eigenvalue weighted by Gasteiger charge is -2.17. The minimum atomic E-state index is -0.177. The van der Waals surface area contributed by atoms with Gasteiger partial charge in [-0.1, -0.05) is 36.9 Å². The van der Waals surface area contributed by atoms with E-state index in [2.05, 4.69) is 16.9 Å².